The molecule has 0 bridgehead atoms. The van der Waals surface area contributed by atoms with Crippen LogP contribution in [-0.4, -0.2) is 68.9 Å². The average molecular weight is 432 g/mol. The summed E-state index contributed by atoms with van der Waals surface area (Å²) in [6, 6.07) is 9.26. The Morgan fingerprint density at radius 2 is 1.77 bits per heavy atom. The summed E-state index contributed by atoms with van der Waals surface area (Å²) >= 11 is 0. The maximum Gasteiger partial charge on any atom is 0.249 e. The van der Waals surface area contributed by atoms with Crippen LogP contribution in [0.2, 0.25) is 0 Å². The van der Waals surface area contributed by atoms with Crippen LogP contribution >= 0.6 is 0 Å². The van der Waals surface area contributed by atoms with Crippen molar-refractivity contribution < 1.29 is 33.0 Å². The molecule has 0 aliphatic carbocycles. The van der Waals surface area contributed by atoms with E-state index in [-0.39, 0.29) is 38.3 Å². The van der Waals surface area contributed by atoms with Crippen molar-refractivity contribution in [3.05, 3.63) is 47.4 Å². The standard InChI is InChI=1S/C22H28N2O7/c1-16-4-6-18(31-16)12-24(11-17-5-7-19-20(10-17)30-15-29-19)21(25)13-23(8-9-27-2)22(26)14-28-3/h4-7,10H,8-9,11-15H2,1-3H3. The van der Waals surface area contributed by atoms with Crippen LogP contribution in [0.25, 0.3) is 0 Å². The van der Waals surface area contributed by atoms with Gasteiger partial charge in [-0.2, -0.15) is 0 Å². The Balaban J connectivity index is 1.76. The van der Waals surface area contributed by atoms with E-state index >= 15 is 0 Å². The van der Waals surface area contributed by atoms with Gasteiger partial charge in [0.15, 0.2) is 11.5 Å². The maximum atomic E-state index is 13.2. The summed E-state index contributed by atoms with van der Waals surface area (Å²) in [5.41, 5.74) is 0.882. The lowest BCUT2D eigenvalue weighted by atomic mass is 10.2. The molecule has 2 amide bonds. The van der Waals surface area contributed by atoms with Crippen LogP contribution in [-0.2, 0) is 32.2 Å². The number of methoxy groups -OCH3 is 2. The SMILES string of the molecule is COCCN(CC(=O)N(Cc1ccc2c(c1)OCO2)Cc1ccc(C)o1)C(=O)COC. The lowest BCUT2D eigenvalue weighted by Gasteiger charge is -2.27. The van der Waals surface area contributed by atoms with E-state index in [0.29, 0.717) is 37.0 Å². The minimum atomic E-state index is -0.273. The van der Waals surface area contributed by atoms with Crippen molar-refractivity contribution in [3.63, 3.8) is 0 Å². The van der Waals surface area contributed by atoms with E-state index in [1.165, 1.54) is 12.0 Å². The van der Waals surface area contributed by atoms with Crippen molar-refractivity contribution in [1.29, 1.82) is 0 Å². The number of rotatable bonds is 11. The van der Waals surface area contributed by atoms with Gasteiger partial charge in [0, 0.05) is 27.3 Å². The fraction of sp³-hybridized carbons (Fsp3) is 0.455. The molecular weight excluding hydrogens is 404 g/mol. The quantitative estimate of drug-likeness (QED) is 0.536. The number of fused-ring (bicyclic) bond motifs is 1. The summed E-state index contributed by atoms with van der Waals surface area (Å²) in [7, 11) is 2.99. The average Bonchev–Trinajstić information content (AvgIpc) is 3.38. The number of nitrogens with zero attached hydrogens (tertiary/aromatic N) is 2. The molecule has 3 rings (SSSR count). The predicted molar refractivity (Wildman–Crippen MR) is 111 cm³/mol. The molecule has 1 aliphatic heterocycles. The minimum absolute atomic E-state index is 0.0875. The predicted octanol–water partition coefficient (Wildman–Crippen LogP) is 1.97. The van der Waals surface area contributed by atoms with Crippen LogP contribution in [0.5, 0.6) is 11.5 Å². The van der Waals surface area contributed by atoms with E-state index in [0.717, 1.165) is 11.3 Å². The number of carbonyl (C=O) groups excluding carboxylic acids is 2. The third-order valence-corrected chi connectivity index (χ3v) is 4.82. The molecule has 0 unspecified atom stereocenters. The maximum absolute atomic E-state index is 13.2. The number of carbonyl (C=O) groups is 2. The van der Waals surface area contributed by atoms with Crippen molar-refractivity contribution in [2.24, 2.45) is 0 Å². The second-order valence-corrected chi connectivity index (χ2v) is 7.19. The summed E-state index contributed by atoms with van der Waals surface area (Å²) < 4.78 is 26.5. The highest BCUT2D eigenvalue weighted by Gasteiger charge is 2.23. The Bertz CT molecular complexity index is 896. The third kappa shape index (κ3) is 6.22. The fourth-order valence-corrected chi connectivity index (χ4v) is 3.22. The van der Waals surface area contributed by atoms with Gasteiger partial charge in [0.1, 0.15) is 18.1 Å². The highest BCUT2D eigenvalue weighted by molar-refractivity contribution is 5.85. The highest BCUT2D eigenvalue weighted by Crippen LogP contribution is 2.33. The molecule has 0 fully saturated rings. The van der Waals surface area contributed by atoms with E-state index < -0.39 is 0 Å². The molecule has 1 aromatic heterocycles. The first-order valence-corrected chi connectivity index (χ1v) is 9.97. The molecule has 168 valence electrons. The van der Waals surface area contributed by atoms with Gasteiger partial charge in [-0.1, -0.05) is 6.07 Å². The summed E-state index contributed by atoms with van der Waals surface area (Å²) in [6.07, 6.45) is 0. The number of amides is 2. The van der Waals surface area contributed by atoms with Crippen molar-refractivity contribution in [1.82, 2.24) is 9.80 Å². The van der Waals surface area contributed by atoms with Crippen LogP contribution in [0, 0.1) is 6.92 Å². The van der Waals surface area contributed by atoms with Crippen molar-refractivity contribution in [2.45, 2.75) is 20.0 Å². The first kappa shape index (κ1) is 22.6. The number of aryl methyl sites for hydroxylation is 1. The van der Waals surface area contributed by atoms with Gasteiger partial charge in [0.2, 0.25) is 18.6 Å². The van der Waals surface area contributed by atoms with Crippen molar-refractivity contribution >= 4 is 11.8 Å². The molecule has 31 heavy (non-hydrogen) atoms. The smallest absolute Gasteiger partial charge is 0.249 e. The second kappa shape index (κ2) is 10.8. The summed E-state index contributed by atoms with van der Waals surface area (Å²) in [5, 5.41) is 0. The molecule has 2 heterocycles. The monoisotopic (exact) mass is 432 g/mol. The molecule has 0 N–H and O–H groups in total. The van der Waals surface area contributed by atoms with E-state index in [4.69, 9.17) is 23.4 Å². The van der Waals surface area contributed by atoms with Crippen LogP contribution in [0.1, 0.15) is 17.1 Å². The van der Waals surface area contributed by atoms with Gasteiger partial charge in [-0.3, -0.25) is 9.59 Å². The molecule has 9 heteroatoms. The molecule has 1 aromatic carbocycles. The van der Waals surface area contributed by atoms with Crippen molar-refractivity contribution in [2.75, 3.05) is 47.3 Å². The Morgan fingerprint density at radius 1 is 0.968 bits per heavy atom. The van der Waals surface area contributed by atoms with Gasteiger partial charge in [0.05, 0.1) is 19.7 Å². The van der Waals surface area contributed by atoms with E-state index in [1.807, 2.05) is 37.3 Å². The van der Waals surface area contributed by atoms with Crippen LogP contribution < -0.4 is 9.47 Å². The van der Waals surface area contributed by atoms with E-state index in [9.17, 15) is 9.59 Å². The van der Waals surface area contributed by atoms with Gasteiger partial charge in [-0.25, -0.2) is 0 Å². The first-order valence-electron chi connectivity index (χ1n) is 9.97. The molecule has 0 saturated heterocycles. The van der Waals surface area contributed by atoms with E-state index in [2.05, 4.69) is 0 Å². The largest absolute Gasteiger partial charge is 0.464 e. The lowest BCUT2D eigenvalue weighted by molar-refractivity contribution is -0.144. The Labute approximate surface area is 181 Å². The van der Waals surface area contributed by atoms with Gasteiger partial charge in [-0.05, 0) is 36.8 Å². The zero-order chi connectivity index (χ0) is 22.2. The van der Waals surface area contributed by atoms with Gasteiger partial charge >= 0.3 is 0 Å². The summed E-state index contributed by atoms with van der Waals surface area (Å²) in [4.78, 5) is 28.7. The molecule has 0 atom stereocenters. The second-order valence-electron chi connectivity index (χ2n) is 7.19. The zero-order valence-corrected chi connectivity index (χ0v) is 18.1. The zero-order valence-electron chi connectivity index (χ0n) is 18.1. The summed E-state index contributed by atoms with van der Waals surface area (Å²) in [6.45, 7) is 3.06. The molecule has 0 saturated carbocycles. The molecule has 9 nitrogen and oxygen atoms in total. The van der Waals surface area contributed by atoms with Crippen LogP contribution in [0.15, 0.2) is 34.7 Å². The Morgan fingerprint density at radius 3 is 2.48 bits per heavy atom. The summed E-state index contributed by atoms with van der Waals surface area (Å²) in [5.74, 6) is 2.27. The normalized spacial score (nSPS) is 12.1. The van der Waals surface area contributed by atoms with Gasteiger partial charge < -0.3 is 33.2 Å². The first-order chi connectivity index (χ1) is 15.0. The minimum Gasteiger partial charge on any atom is -0.464 e. The Hall–Kier alpha value is -3.04. The van der Waals surface area contributed by atoms with Crippen LogP contribution in [0.3, 0.4) is 0 Å². The van der Waals surface area contributed by atoms with Crippen molar-refractivity contribution in [3.8, 4) is 11.5 Å². The highest BCUT2D eigenvalue weighted by atomic mass is 16.7. The molecule has 2 aromatic rings. The molecule has 0 radical (unpaired) electrons. The number of furan rings is 1. The number of hydrogen-bond donors (Lipinski definition) is 0. The number of ether oxygens (including phenoxy) is 4. The Kier molecular flexibility index (Phi) is 7.91. The molecular formula is C22H28N2O7. The fourth-order valence-electron chi connectivity index (χ4n) is 3.22. The third-order valence-electron chi connectivity index (χ3n) is 4.82. The van der Waals surface area contributed by atoms with Gasteiger partial charge in [-0.15, -0.1) is 0 Å². The topological polar surface area (TPSA) is 90.7 Å². The van der Waals surface area contributed by atoms with E-state index in [1.54, 1.807) is 12.0 Å². The van der Waals surface area contributed by atoms with Gasteiger partial charge in [0.25, 0.3) is 0 Å². The number of benzene rings is 1. The molecule has 1 aliphatic rings. The number of hydrogen-bond acceptors (Lipinski definition) is 7. The van der Waals surface area contributed by atoms with Crippen LogP contribution in [0.4, 0.5) is 0 Å². The molecule has 0 spiro atoms. The lowest BCUT2D eigenvalue weighted by Crippen LogP contribution is -2.44.